The molecule has 0 aliphatic carbocycles. The maximum atomic E-state index is 13.5. The maximum Gasteiger partial charge on any atom is 0.173 e. The van der Waals surface area contributed by atoms with E-state index in [1.165, 1.54) is 11.8 Å². The number of benzene rings is 2. The fraction of sp³-hybridized carbons (Fsp3) is 0.130. The van der Waals surface area contributed by atoms with Gasteiger partial charge in [-0.15, -0.1) is 0 Å². The van der Waals surface area contributed by atoms with Crippen LogP contribution in [0.1, 0.15) is 27.4 Å². The van der Waals surface area contributed by atoms with Gasteiger partial charge in [-0.3, -0.25) is 9.78 Å². The first-order valence-corrected chi connectivity index (χ1v) is 10.0. The van der Waals surface area contributed by atoms with E-state index in [1.807, 2.05) is 61.5 Å². The molecule has 1 aliphatic rings. The van der Waals surface area contributed by atoms with Crippen LogP contribution in [-0.4, -0.2) is 26.1 Å². The monoisotopic (exact) mass is 401 g/mol. The SMILES string of the molecule is Cc1ccc(N=C2SC(=NO)C(c3ccccc3)C2C(=O)c2ccncc2)cc1. The van der Waals surface area contributed by atoms with Crippen molar-refractivity contribution in [2.45, 2.75) is 12.8 Å². The number of pyridine rings is 1. The van der Waals surface area contributed by atoms with Crippen molar-refractivity contribution < 1.29 is 10.0 Å². The van der Waals surface area contributed by atoms with Crippen molar-refractivity contribution in [3.8, 4) is 0 Å². The van der Waals surface area contributed by atoms with Gasteiger partial charge in [-0.1, -0.05) is 64.9 Å². The number of aliphatic imine (C=N–C) groups is 1. The third kappa shape index (κ3) is 3.98. The Balaban J connectivity index is 1.83. The van der Waals surface area contributed by atoms with Crippen molar-refractivity contribution in [1.29, 1.82) is 0 Å². The molecule has 1 aromatic heterocycles. The van der Waals surface area contributed by atoms with Crippen LogP contribution in [-0.2, 0) is 0 Å². The van der Waals surface area contributed by atoms with Crippen molar-refractivity contribution >= 4 is 33.3 Å². The normalized spacial score (nSPS) is 21.6. The minimum absolute atomic E-state index is 0.0711. The first kappa shape index (κ1) is 19.1. The van der Waals surface area contributed by atoms with Crippen LogP contribution in [0.2, 0.25) is 0 Å². The van der Waals surface area contributed by atoms with Gasteiger partial charge in [-0.05, 0) is 36.8 Å². The zero-order chi connectivity index (χ0) is 20.2. The lowest BCUT2D eigenvalue weighted by Crippen LogP contribution is -2.25. The minimum Gasteiger partial charge on any atom is -0.410 e. The zero-order valence-electron chi connectivity index (χ0n) is 15.8. The molecule has 2 atom stereocenters. The van der Waals surface area contributed by atoms with Crippen molar-refractivity contribution in [1.82, 2.24) is 4.98 Å². The number of aromatic nitrogens is 1. The number of nitrogens with zero attached hydrogens (tertiary/aromatic N) is 3. The first-order valence-electron chi connectivity index (χ1n) is 9.21. The number of ketones is 1. The quantitative estimate of drug-likeness (QED) is 0.369. The molecule has 1 N–H and O–H groups in total. The average molecular weight is 401 g/mol. The number of aryl methyl sites for hydroxylation is 1. The summed E-state index contributed by atoms with van der Waals surface area (Å²) in [5.41, 5.74) is 3.37. The average Bonchev–Trinajstić information content (AvgIpc) is 3.14. The van der Waals surface area contributed by atoms with E-state index >= 15 is 0 Å². The highest BCUT2D eigenvalue weighted by Crippen LogP contribution is 2.44. The second kappa shape index (κ2) is 8.41. The molecule has 0 bridgehead atoms. The Bertz CT molecular complexity index is 1060. The van der Waals surface area contributed by atoms with Crippen LogP contribution >= 0.6 is 11.8 Å². The number of thioether (sulfide) groups is 1. The van der Waals surface area contributed by atoms with Gasteiger partial charge in [-0.2, -0.15) is 0 Å². The predicted molar refractivity (Wildman–Crippen MR) is 116 cm³/mol. The molecule has 2 heterocycles. The Hall–Kier alpha value is -3.25. The summed E-state index contributed by atoms with van der Waals surface area (Å²) < 4.78 is 0. The van der Waals surface area contributed by atoms with E-state index < -0.39 is 11.8 Å². The topological polar surface area (TPSA) is 74.9 Å². The number of Topliss-reactive ketones (excluding diaryl/α,β-unsaturated/α-hetero) is 1. The summed E-state index contributed by atoms with van der Waals surface area (Å²) in [5, 5.41) is 14.3. The standard InChI is InChI=1S/C23H19N3O2S/c1-15-7-9-18(10-8-15)25-22-20(21(27)17-11-13-24-14-12-17)19(23(26-28)29-22)16-5-3-2-4-6-16/h2-14,19-20,28H,1H3. The third-order valence-electron chi connectivity index (χ3n) is 4.85. The molecule has 0 amide bonds. The van der Waals surface area contributed by atoms with E-state index in [1.54, 1.807) is 24.5 Å². The fourth-order valence-electron chi connectivity index (χ4n) is 3.40. The highest BCUT2D eigenvalue weighted by atomic mass is 32.2. The Morgan fingerprint density at radius 2 is 1.66 bits per heavy atom. The summed E-state index contributed by atoms with van der Waals surface area (Å²) in [6.45, 7) is 2.01. The Kier molecular flexibility index (Phi) is 5.53. The van der Waals surface area contributed by atoms with Crippen molar-refractivity contribution in [3.63, 3.8) is 0 Å². The summed E-state index contributed by atoms with van der Waals surface area (Å²) in [7, 11) is 0. The second-order valence-electron chi connectivity index (χ2n) is 6.79. The number of carbonyl (C=O) groups is 1. The Morgan fingerprint density at radius 3 is 2.31 bits per heavy atom. The van der Waals surface area contributed by atoms with Crippen LogP contribution in [0.25, 0.3) is 0 Å². The molecule has 144 valence electrons. The number of hydrogen-bond donors (Lipinski definition) is 1. The van der Waals surface area contributed by atoms with E-state index in [9.17, 15) is 10.0 Å². The van der Waals surface area contributed by atoms with Crippen LogP contribution in [0.4, 0.5) is 5.69 Å². The molecule has 2 unspecified atom stereocenters. The van der Waals surface area contributed by atoms with Crippen molar-refractivity contribution in [2.24, 2.45) is 16.1 Å². The lowest BCUT2D eigenvalue weighted by atomic mass is 9.82. The molecule has 0 saturated carbocycles. The van der Waals surface area contributed by atoms with Crippen LogP contribution < -0.4 is 0 Å². The summed E-state index contributed by atoms with van der Waals surface area (Å²) in [4.78, 5) is 22.2. The van der Waals surface area contributed by atoms with Gasteiger partial charge in [0, 0.05) is 18.0 Å². The van der Waals surface area contributed by atoms with E-state index in [0.29, 0.717) is 15.7 Å². The highest BCUT2D eigenvalue weighted by Gasteiger charge is 2.45. The molecule has 0 spiro atoms. The molecular weight excluding hydrogens is 382 g/mol. The molecule has 1 aliphatic heterocycles. The summed E-state index contributed by atoms with van der Waals surface area (Å²) >= 11 is 1.26. The first-order chi connectivity index (χ1) is 14.2. The molecule has 29 heavy (non-hydrogen) atoms. The lowest BCUT2D eigenvalue weighted by Gasteiger charge is -2.18. The largest absolute Gasteiger partial charge is 0.410 e. The molecule has 1 saturated heterocycles. The summed E-state index contributed by atoms with van der Waals surface area (Å²) in [6.07, 6.45) is 3.20. The molecule has 5 nitrogen and oxygen atoms in total. The fourth-order valence-corrected chi connectivity index (χ4v) is 4.57. The Morgan fingerprint density at radius 1 is 0.966 bits per heavy atom. The number of rotatable bonds is 4. The zero-order valence-corrected chi connectivity index (χ0v) is 16.6. The number of carbonyl (C=O) groups excluding carboxylic acids is 1. The third-order valence-corrected chi connectivity index (χ3v) is 5.95. The maximum absolute atomic E-state index is 13.5. The molecule has 4 rings (SSSR count). The van der Waals surface area contributed by atoms with Crippen molar-refractivity contribution in [2.75, 3.05) is 0 Å². The summed E-state index contributed by atoms with van der Waals surface area (Å²) in [5.74, 6) is -1.04. The van der Waals surface area contributed by atoms with E-state index in [4.69, 9.17) is 4.99 Å². The van der Waals surface area contributed by atoms with E-state index in [-0.39, 0.29) is 5.78 Å². The molecule has 3 aromatic rings. The van der Waals surface area contributed by atoms with Gasteiger partial charge in [0.05, 0.1) is 22.6 Å². The Labute approximate surface area is 173 Å². The van der Waals surface area contributed by atoms with Crippen molar-refractivity contribution in [3.05, 3.63) is 95.8 Å². The van der Waals surface area contributed by atoms with Gasteiger partial charge in [0.25, 0.3) is 0 Å². The van der Waals surface area contributed by atoms with Gasteiger partial charge >= 0.3 is 0 Å². The molecule has 2 aromatic carbocycles. The molecule has 1 fully saturated rings. The van der Waals surface area contributed by atoms with Crippen LogP contribution in [0.15, 0.2) is 89.3 Å². The molecular formula is C23H19N3O2S. The van der Waals surface area contributed by atoms with Gasteiger partial charge in [0.2, 0.25) is 0 Å². The molecule has 0 radical (unpaired) electrons. The summed E-state index contributed by atoms with van der Waals surface area (Å²) in [6, 6.07) is 20.8. The van der Waals surface area contributed by atoms with Crippen LogP contribution in [0, 0.1) is 12.8 Å². The van der Waals surface area contributed by atoms with Gasteiger partial charge < -0.3 is 5.21 Å². The smallest absolute Gasteiger partial charge is 0.173 e. The number of hydrogen-bond acceptors (Lipinski definition) is 6. The predicted octanol–water partition coefficient (Wildman–Crippen LogP) is 5.24. The lowest BCUT2D eigenvalue weighted by molar-refractivity contribution is 0.0952. The van der Waals surface area contributed by atoms with E-state index in [2.05, 4.69) is 10.1 Å². The molecule has 6 heteroatoms. The minimum atomic E-state index is -0.572. The highest BCUT2D eigenvalue weighted by molar-refractivity contribution is 8.27. The van der Waals surface area contributed by atoms with Crippen LogP contribution in [0.3, 0.4) is 0 Å². The number of oxime groups is 1. The van der Waals surface area contributed by atoms with Crippen LogP contribution in [0.5, 0.6) is 0 Å². The van der Waals surface area contributed by atoms with E-state index in [0.717, 1.165) is 16.8 Å². The van der Waals surface area contributed by atoms with Gasteiger partial charge in [-0.25, -0.2) is 4.99 Å². The van der Waals surface area contributed by atoms with Gasteiger partial charge in [0.15, 0.2) is 5.78 Å². The second-order valence-corrected chi connectivity index (χ2v) is 7.83. The van der Waals surface area contributed by atoms with Gasteiger partial charge in [0.1, 0.15) is 5.04 Å².